The van der Waals surface area contributed by atoms with E-state index in [0.717, 1.165) is 33.2 Å². The normalized spacial score (nSPS) is 10.8. The summed E-state index contributed by atoms with van der Waals surface area (Å²) in [6, 6.07) is 25.7. The van der Waals surface area contributed by atoms with Crippen molar-refractivity contribution in [1.29, 1.82) is 0 Å². The lowest BCUT2D eigenvalue weighted by molar-refractivity contribution is -0.118. The highest BCUT2D eigenvalue weighted by molar-refractivity contribution is 7.99. The first-order valence-corrected chi connectivity index (χ1v) is 10.3. The van der Waals surface area contributed by atoms with Gasteiger partial charge in [-0.05, 0) is 30.3 Å². The average Bonchev–Trinajstić information content (AvgIpc) is 3.15. The summed E-state index contributed by atoms with van der Waals surface area (Å²) < 4.78 is 7.43. The standard InChI is InChI=1S/C23H21N3O2S/c1-28-21-14-8-5-9-17(21)15-24-22(27)16-29-23-25-19-12-6-7-13-20(19)26(23)18-10-3-2-4-11-18/h2-14H,15-16H2,1H3,(H,24,27). The number of aromatic nitrogens is 2. The number of thioether (sulfide) groups is 1. The Kier molecular flexibility index (Phi) is 5.81. The summed E-state index contributed by atoms with van der Waals surface area (Å²) >= 11 is 1.43. The minimum Gasteiger partial charge on any atom is -0.496 e. The number of ether oxygens (including phenoxy) is 1. The van der Waals surface area contributed by atoms with Gasteiger partial charge in [-0.3, -0.25) is 9.36 Å². The molecule has 0 aliphatic rings. The molecule has 1 aromatic heterocycles. The fraction of sp³-hybridized carbons (Fsp3) is 0.130. The molecule has 0 radical (unpaired) electrons. The van der Waals surface area contributed by atoms with Crippen LogP contribution in [-0.4, -0.2) is 28.3 Å². The molecule has 0 atom stereocenters. The van der Waals surface area contributed by atoms with Crippen LogP contribution in [0.4, 0.5) is 0 Å². The molecule has 0 fully saturated rings. The second-order valence-electron chi connectivity index (χ2n) is 6.43. The Balaban J connectivity index is 1.49. The molecule has 0 unspecified atom stereocenters. The van der Waals surface area contributed by atoms with E-state index in [9.17, 15) is 4.79 Å². The highest BCUT2D eigenvalue weighted by atomic mass is 32.2. The number of hydrogen-bond acceptors (Lipinski definition) is 4. The van der Waals surface area contributed by atoms with Gasteiger partial charge in [0.2, 0.25) is 5.91 Å². The van der Waals surface area contributed by atoms with E-state index in [-0.39, 0.29) is 11.7 Å². The van der Waals surface area contributed by atoms with Crippen LogP contribution in [0.25, 0.3) is 16.7 Å². The number of benzene rings is 3. The number of imidazole rings is 1. The van der Waals surface area contributed by atoms with Crippen molar-refractivity contribution < 1.29 is 9.53 Å². The van der Waals surface area contributed by atoms with E-state index in [0.29, 0.717) is 6.54 Å². The molecule has 146 valence electrons. The summed E-state index contributed by atoms with van der Waals surface area (Å²) in [4.78, 5) is 17.2. The monoisotopic (exact) mass is 403 g/mol. The van der Waals surface area contributed by atoms with Crippen molar-refractivity contribution in [2.75, 3.05) is 12.9 Å². The van der Waals surface area contributed by atoms with Crippen molar-refractivity contribution in [3.8, 4) is 11.4 Å². The van der Waals surface area contributed by atoms with E-state index >= 15 is 0 Å². The molecule has 4 rings (SSSR count). The summed E-state index contributed by atoms with van der Waals surface area (Å²) in [6.45, 7) is 0.429. The van der Waals surface area contributed by atoms with Gasteiger partial charge in [-0.2, -0.15) is 0 Å². The second kappa shape index (κ2) is 8.84. The van der Waals surface area contributed by atoms with Crippen LogP contribution in [0.3, 0.4) is 0 Å². The molecule has 29 heavy (non-hydrogen) atoms. The first kappa shape index (κ1) is 19.1. The Hall–Kier alpha value is -3.25. The van der Waals surface area contributed by atoms with E-state index in [1.165, 1.54) is 11.8 Å². The van der Waals surface area contributed by atoms with Gasteiger partial charge in [0.1, 0.15) is 5.75 Å². The van der Waals surface area contributed by atoms with Crippen LogP contribution in [0.5, 0.6) is 5.75 Å². The van der Waals surface area contributed by atoms with Crippen LogP contribution in [0.15, 0.2) is 84.0 Å². The van der Waals surface area contributed by atoms with Gasteiger partial charge in [-0.25, -0.2) is 4.98 Å². The molecule has 0 spiro atoms. The lowest BCUT2D eigenvalue weighted by atomic mass is 10.2. The van der Waals surface area contributed by atoms with Crippen molar-refractivity contribution in [1.82, 2.24) is 14.9 Å². The van der Waals surface area contributed by atoms with Crippen LogP contribution in [-0.2, 0) is 11.3 Å². The first-order chi connectivity index (χ1) is 14.3. The fourth-order valence-electron chi connectivity index (χ4n) is 3.15. The van der Waals surface area contributed by atoms with Crippen molar-refractivity contribution in [3.63, 3.8) is 0 Å². The smallest absolute Gasteiger partial charge is 0.230 e. The predicted molar refractivity (Wildman–Crippen MR) is 117 cm³/mol. The number of para-hydroxylation sites is 4. The lowest BCUT2D eigenvalue weighted by Crippen LogP contribution is -2.25. The quantitative estimate of drug-likeness (QED) is 0.464. The molecule has 6 heteroatoms. The largest absolute Gasteiger partial charge is 0.496 e. The molecule has 1 heterocycles. The highest BCUT2D eigenvalue weighted by Crippen LogP contribution is 2.27. The fourth-order valence-corrected chi connectivity index (χ4v) is 4.01. The van der Waals surface area contributed by atoms with Crippen LogP contribution >= 0.6 is 11.8 Å². The van der Waals surface area contributed by atoms with Crippen LogP contribution in [0.2, 0.25) is 0 Å². The number of carbonyl (C=O) groups is 1. The molecule has 0 aliphatic carbocycles. The second-order valence-corrected chi connectivity index (χ2v) is 7.37. The van der Waals surface area contributed by atoms with Crippen LogP contribution in [0, 0.1) is 0 Å². The summed E-state index contributed by atoms with van der Waals surface area (Å²) in [5.74, 6) is 1.00. The Morgan fingerprint density at radius 3 is 2.55 bits per heavy atom. The summed E-state index contributed by atoms with van der Waals surface area (Å²) in [5, 5.41) is 3.76. The molecular weight excluding hydrogens is 382 g/mol. The SMILES string of the molecule is COc1ccccc1CNC(=O)CSc1nc2ccccc2n1-c1ccccc1. The number of hydrogen-bond donors (Lipinski definition) is 1. The maximum atomic E-state index is 12.4. The van der Waals surface area contributed by atoms with Gasteiger partial charge in [-0.15, -0.1) is 0 Å². The van der Waals surface area contributed by atoms with Crippen molar-refractivity contribution >= 4 is 28.7 Å². The van der Waals surface area contributed by atoms with Crippen LogP contribution < -0.4 is 10.1 Å². The number of carbonyl (C=O) groups excluding carboxylic acids is 1. The molecular formula is C23H21N3O2S. The highest BCUT2D eigenvalue weighted by Gasteiger charge is 2.14. The number of nitrogens with one attached hydrogen (secondary N) is 1. The van der Waals surface area contributed by atoms with Crippen LogP contribution in [0.1, 0.15) is 5.56 Å². The number of amides is 1. The Morgan fingerprint density at radius 2 is 1.72 bits per heavy atom. The van der Waals surface area contributed by atoms with E-state index in [1.54, 1.807) is 7.11 Å². The number of methoxy groups -OCH3 is 1. The summed E-state index contributed by atoms with van der Waals surface area (Å²) in [6.07, 6.45) is 0. The van der Waals surface area contributed by atoms with Gasteiger partial charge in [0.05, 0.1) is 23.9 Å². The van der Waals surface area contributed by atoms with E-state index in [2.05, 4.69) is 9.88 Å². The molecule has 1 amide bonds. The van der Waals surface area contributed by atoms with Gasteiger partial charge in [0.15, 0.2) is 5.16 Å². The Bertz CT molecular complexity index is 1130. The molecule has 0 bridgehead atoms. The molecule has 5 nitrogen and oxygen atoms in total. The van der Waals surface area contributed by atoms with Crippen molar-refractivity contribution in [2.24, 2.45) is 0 Å². The third-order valence-corrected chi connectivity index (χ3v) is 5.48. The van der Waals surface area contributed by atoms with Gasteiger partial charge in [0.25, 0.3) is 0 Å². The topological polar surface area (TPSA) is 56.1 Å². The third-order valence-electron chi connectivity index (χ3n) is 4.55. The van der Waals surface area contributed by atoms with E-state index in [1.807, 2.05) is 78.9 Å². The van der Waals surface area contributed by atoms with Gasteiger partial charge in [0, 0.05) is 17.8 Å². The lowest BCUT2D eigenvalue weighted by Gasteiger charge is -2.10. The third kappa shape index (κ3) is 4.27. The zero-order valence-corrected chi connectivity index (χ0v) is 16.9. The molecule has 1 N–H and O–H groups in total. The maximum absolute atomic E-state index is 12.4. The Morgan fingerprint density at radius 1 is 1.00 bits per heavy atom. The zero-order valence-electron chi connectivity index (χ0n) is 16.0. The molecule has 0 aliphatic heterocycles. The zero-order chi connectivity index (χ0) is 20.1. The van der Waals surface area contributed by atoms with Crippen molar-refractivity contribution in [2.45, 2.75) is 11.7 Å². The number of nitrogens with zero attached hydrogens (tertiary/aromatic N) is 2. The van der Waals surface area contributed by atoms with Gasteiger partial charge >= 0.3 is 0 Å². The summed E-state index contributed by atoms with van der Waals surface area (Å²) in [5.41, 5.74) is 3.91. The molecule has 3 aromatic carbocycles. The predicted octanol–water partition coefficient (Wildman–Crippen LogP) is 4.44. The van der Waals surface area contributed by atoms with E-state index in [4.69, 9.17) is 9.72 Å². The summed E-state index contributed by atoms with van der Waals surface area (Å²) in [7, 11) is 1.63. The number of fused-ring (bicyclic) bond motifs is 1. The molecule has 4 aromatic rings. The molecule has 0 saturated heterocycles. The maximum Gasteiger partial charge on any atom is 0.230 e. The Labute approximate surface area is 173 Å². The molecule has 0 saturated carbocycles. The minimum absolute atomic E-state index is 0.0485. The van der Waals surface area contributed by atoms with Crippen molar-refractivity contribution in [3.05, 3.63) is 84.4 Å². The van der Waals surface area contributed by atoms with E-state index < -0.39 is 0 Å². The minimum atomic E-state index is -0.0485. The number of rotatable bonds is 7. The van der Waals surface area contributed by atoms with Gasteiger partial charge in [-0.1, -0.05) is 60.3 Å². The first-order valence-electron chi connectivity index (χ1n) is 9.30. The van der Waals surface area contributed by atoms with Gasteiger partial charge < -0.3 is 10.1 Å². The average molecular weight is 404 g/mol.